The number of thioether (sulfide) groups is 1. The Morgan fingerprint density at radius 2 is 2.26 bits per heavy atom. The summed E-state index contributed by atoms with van der Waals surface area (Å²) < 4.78 is 1.62. The van der Waals surface area contributed by atoms with Gasteiger partial charge >= 0.3 is 0 Å². The van der Waals surface area contributed by atoms with E-state index < -0.39 is 0 Å². The number of amides is 1. The first-order valence-corrected chi connectivity index (χ1v) is 8.84. The zero-order chi connectivity index (χ0) is 16.2. The highest BCUT2D eigenvalue weighted by Crippen LogP contribution is 2.33. The van der Waals surface area contributed by atoms with Crippen LogP contribution in [0.2, 0.25) is 0 Å². The van der Waals surface area contributed by atoms with E-state index in [1.165, 1.54) is 22.9 Å². The predicted molar refractivity (Wildman–Crippen MR) is 89.0 cm³/mol. The Balaban J connectivity index is 1.59. The standard InChI is InChI=1S/C16H21N5OS/c1-20(14-9-5-7-12-6-3-4-8-13(12)14)15(22)10-11-23-16-17-18-19-21(16)2/h3-4,6,8,14H,5,7,9-11H2,1-2H3/t14-/m1/s1. The van der Waals surface area contributed by atoms with Gasteiger partial charge in [0.05, 0.1) is 6.04 Å². The van der Waals surface area contributed by atoms with Crippen molar-refractivity contribution in [2.24, 2.45) is 7.05 Å². The van der Waals surface area contributed by atoms with E-state index in [-0.39, 0.29) is 11.9 Å². The molecule has 6 nitrogen and oxygen atoms in total. The first-order valence-electron chi connectivity index (χ1n) is 7.85. The maximum Gasteiger partial charge on any atom is 0.223 e. The molecular weight excluding hydrogens is 310 g/mol. The fourth-order valence-corrected chi connectivity index (χ4v) is 3.83. The lowest BCUT2D eigenvalue weighted by molar-refractivity contribution is -0.131. The SMILES string of the molecule is CN(C(=O)CCSc1nnnn1C)[C@@H]1CCCc2ccccc21. The van der Waals surface area contributed by atoms with Crippen LogP contribution < -0.4 is 0 Å². The molecule has 0 saturated carbocycles. The molecule has 0 saturated heterocycles. The van der Waals surface area contributed by atoms with E-state index in [4.69, 9.17) is 0 Å². The molecule has 3 rings (SSSR count). The van der Waals surface area contributed by atoms with Crippen molar-refractivity contribution in [2.75, 3.05) is 12.8 Å². The van der Waals surface area contributed by atoms with E-state index in [1.807, 2.05) is 11.9 Å². The van der Waals surface area contributed by atoms with Gasteiger partial charge in [-0.15, -0.1) is 5.10 Å². The zero-order valence-corrected chi connectivity index (χ0v) is 14.3. The van der Waals surface area contributed by atoms with Gasteiger partial charge in [-0.25, -0.2) is 4.68 Å². The Kier molecular flexibility index (Phi) is 4.95. The number of hydrogen-bond donors (Lipinski definition) is 0. The Bertz CT molecular complexity index is 687. The molecule has 122 valence electrons. The van der Waals surface area contributed by atoms with Crippen LogP contribution in [-0.4, -0.2) is 43.8 Å². The second kappa shape index (κ2) is 7.12. The fraction of sp³-hybridized carbons (Fsp3) is 0.500. The van der Waals surface area contributed by atoms with Crippen LogP contribution >= 0.6 is 11.8 Å². The van der Waals surface area contributed by atoms with Crippen molar-refractivity contribution in [3.63, 3.8) is 0 Å². The highest BCUT2D eigenvalue weighted by atomic mass is 32.2. The van der Waals surface area contributed by atoms with Gasteiger partial charge in [0.1, 0.15) is 0 Å². The number of aryl methyl sites for hydroxylation is 2. The molecule has 1 heterocycles. The Hall–Kier alpha value is -1.89. The molecule has 1 aromatic heterocycles. The third-order valence-electron chi connectivity index (χ3n) is 4.33. The molecule has 7 heteroatoms. The van der Waals surface area contributed by atoms with Gasteiger partial charge in [-0.1, -0.05) is 36.0 Å². The summed E-state index contributed by atoms with van der Waals surface area (Å²) in [6.07, 6.45) is 3.79. The van der Waals surface area contributed by atoms with Crippen LogP contribution in [0.15, 0.2) is 29.4 Å². The van der Waals surface area contributed by atoms with Crippen molar-refractivity contribution in [1.29, 1.82) is 0 Å². The van der Waals surface area contributed by atoms with E-state index >= 15 is 0 Å². The monoisotopic (exact) mass is 331 g/mol. The zero-order valence-electron chi connectivity index (χ0n) is 13.5. The minimum atomic E-state index is 0.175. The summed E-state index contributed by atoms with van der Waals surface area (Å²) >= 11 is 1.51. The van der Waals surface area contributed by atoms with Crippen molar-refractivity contribution < 1.29 is 4.79 Å². The molecule has 1 amide bonds. The lowest BCUT2D eigenvalue weighted by atomic mass is 9.87. The number of rotatable bonds is 5. The normalized spacial score (nSPS) is 16.9. The van der Waals surface area contributed by atoms with Gasteiger partial charge in [0.25, 0.3) is 0 Å². The summed E-state index contributed by atoms with van der Waals surface area (Å²) in [5, 5.41) is 12.0. The van der Waals surface area contributed by atoms with Gasteiger partial charge in [-0.2, -0.15) is 0 Å². The van der Waals surface area contributed by atoms with Crippen LogP contribution in [0.1, 0.15) is 36.4 Å². The molecule has 2 aromatic rings. The number of hydrogen-bond acceptors (Lipinski definition) is 5. The molecule has 0 fully saturated rings. The lowest BCUT2D eigenvalue weighted by Gasteiger charge is -2.33. The molecular formula is C16H21N5OS. The van der Waals surface area contributed by atoms with Gasteiger partial charge in [0.15, 0.2) is 0 Å². The van der Waals surface area contributed by atoms with Crippen LogP contribution in [0.5, 0.6) is 0 Å². The quantitative estimate of drug-likeness (QED) is 0.786. The summed E-state index contributed by atoms with van der Waals surface area (Å²) in [6.45, 7) is 0. The molecule has 0 radical (unpaired) electrons. The van der Waals surface area contributed by atoms with Crippen LogP contribution in [0.4, 0.5) is 0 Å². The van der Waals surface area contributed by atoms with Crippen molar-refractivity contribution in [2.45, 2.75) is 36.9 Å². The molecule has 0 unspecified atom stereocenters. The van der Waals surface area contributed by atoms with E-state index in [0.717, 1.165) is 24.4 Å². The maximum atomic E-state index is 12.5. The molecule has 23 heavy (non-hydrogen) atoms. The summed E-state index contributed by atoms with van der Waals surface area (Å²) in [4.78, 5) is 14.4. The van der Waals surface area contributed by atoms with Crippen LogP contribution in [-0.2, 0) is 18.3 Å². The number of aromatic nitrogens is 4. The summed E-state index contributed by atoms with van der Waals surface area (Å²) in [7, 11) is 3.72. The summed E-state index contributed by atoms with van der Waals surface area (Å²) in [5.41, 5.74) is 2.68. The Labute approximate surface area is 140 Å². The van der Waals surface area contributed by atoms with E-state index in [0.29, 0.717) is 12.2 Å². The van der Waals surface area contributed by atoms with Gasteiger partial charge in [-0.3, -0.25) is 4.79 Å². The van der Waals surface area contributed by atoms with Gasteiger partial charge < -0.3 is 4.90 Å². The smallest absolute Gasteiger partial charge is 0.223 e. The van der Waals surface area contributed by atoms with E-state index in [2.05, 4.69) is 39.8 Å². The average Bonchev–Trinajstić information content (AvgIpc) is 2.98. The number of fused-ring (bicyclic) bond motifs is 1. The Morgan fingerprint density at radius 1 is 1.43 bits per heavy atom. The number of nitrogens with zero attached hydrogens (tertiary/aromatic N) is 5. The number of carbonyl (C=O) groups excluding carboxylic acids is 1. The first kappa shape index (κ1) is 16.0. The molecule has 1 aliphatic carbocycles. The third-order valence-corrected chi connectivity index (χ3v) is 5.34. The molecule has 1 aromatic carbocycles. The van der Waals surface area contributed by atoms with Crippen molar-refractivity contribution in [3.8, 4) is 0 Å². The number of carbonyl (C=O) groups is 1. The van der Waals surface area contributed by atoms with Crippen molar-refractivity contribution in [3.05, 3.63) is 35.4 Å². The molecule has 0 spiro atoms. The lowest BCUT2D eigenvalue weighted by Crippen LogP contribution is -2.33. The van der Waals surface area contributed by atoms with Crippen LogP contribution in [0, 0.1) is 0 Å². The second-order valence-electron chi connectivity index (χ2n) is 5.80. The highest BCUT2D eigenvalue weighted by molar-refractivity contribution is 7.99. The third kappa shape index (κ3) is 3.55. The number of tetrazole rings is 1. The predicted octanol–water partition coefficient (Wildman–Crippen LogP) is 2.23. The molecule has 0 N–H and O–H groups in total. The summed E-state index contributed by atoms with van der Waals surface area (Å²) in [6, 6.07) is 8.68. The van der Waals surface area contributed by atoms with Gasteiger partial charge in [-0.05, 0) is 40.8 Å². The maximum absolute atomic E-state index is 12.5. The van der Waals surface area contributed by atoms with E-state index in [1.54, 1.807) is 11.7 Å². The largest absolute Gasteiger partial charge is 0.339 e. The summed E-state index contributed by atoms with van der Waals surface area (Å²) in [5.74, 6) is 0.862. The highest BCUT2D eigenvalue weighted by Gasteiger charge is 2.26. The Morgan fingerprint density at radius 3 is 3.04 bits per heavy atom. The molecule has 1 atom stereocenters. The topological polar surface area (TPSA) is 63.9 Å². The molecule has 1 aliphatic rings. The van der Waals surface area contributed by atoms with Crippen molar-refractivity contribution >= 4 is 17.7 Å². The molecule has 0 aliphatic heterocycles. The average molecular weight is 331 g/mol. The number of benzene rings is 1. The minimum Gasteiger partial charge on any atom is -0.339 e. The fourth-order valence-electron chi connectivity index (χ4n) is 3.05. The van der Waals surface area contributed by atoms with E-state index in [9.17, 15) is 4.79 Å². The van der Waals surface area contributed by atoms with Gasteiger partial charge in [0.2, 0.25) is 11.1 Å². The second-order valence-corrected chi connectivity index (χ2v) is 6.86. The molecule has 0 bridgehead atoms. The van der Waals surface area contributed by atoms with Crippen LogP contribution in [0.25, 0.3) is 0 Å². The van der Waals surface area contributed by atoms with Crippen molar-refractivity contribution in [1.82, 2.24) is 25.1 Å². The van der Waals surface area contributed by atoms with Gasteiger partial charge in [0, 0.05) is 26.3 Å². The van der Waals surface area contributed by atoms with Crippen LogP contribution in [0.3, 0.4) is 0 Å². The minimum absolute atomic E-state index is 0.175. The first-order chi connectivity index (χ1) is 11.2.